The maximum Gasteiger partial charge on any atom is 0.221 e. The van der Waals surface area contributed by atoms with Gasteiger partial charge in [0.15, 0.2) is 0 Å². The van der Waals surface area contributed by atoms with Gasteiger partial charge in [0.1, 0.15) is 0 Å². The summed E-state index contributed by atoms with van der Waals surface area (Å²) in [6, 6.07) is 21.0. The number of thioether (sulfide) groups is 1. The molecule has 2 atom stereocenters. The van der Waals surface area contributed by atoms with Crippen molar-refractivity contribution in [2.75, 3.05) is 11.5 Å². The van der Waals surface area contributed by atoms with Crippen LogP contribution in [-0.4, -0.2) is 35.4 Å². The number of amides is 2. The lowest BCUT2D eigenvalue weighted by molar-refractivity contribution is -0.122. The molecule has 2 aromatic carbocycles. The smallest absolute Gasteiger partial charge is 0.221 e. The lowest BCUT2D eigenvalue weighted by Crippen LogP contribution is -2.33. The molecule has 0 unspecified atom stereocenters. The summed E-state index contributed by atoms with van der Waals surface area (Å²) in [4.78, 5) is 24.2. The lowest BCUT2D eigenvalue weighted by atomic mass is 10.1. The third-order valence-electron chi connectivity index (χ3n) is 5.18. The molecule has 0 saturated heterocycles. The molecule has 0 aliphatic carbocycles. The second-order valence-corrected chi connectivity index (χ2v) is 9.32. The molecule has 0 fully saturated rings. The van der Waals surface area contributed by atoms with Crippen LogP contribution in [0.5, 0.6) is 0 Å². The van der Waals surface area contributed by atoms with E-state index in [0.717, 1.165) is 37.2 Å². The Morgan fingerprint density at radius 1 is 0.710 bits per heavy atom. The zero-order valence-corrected chi connectivity index (χ0v) is 19.6. The molecular weight excluding hydrogens is 404 g/mol. The Morgan fingerprint density at radius 3 is 1.48 bits per heavy atom. The number of rotatable bonds is 14. The Kier molecular flexibility index (Phi) is 11.8. The molecule has 0 radical (unpaired) electrons. The van der Waals surface area contributed by atoms with Crippen molar-refractivity contribution >= 4 is 23.6 Å². The summed E-state index contributed by atoms with van der Waals surface area (Å²) in [5.41, 5.74) is 2.60. The molecular formula is C26H36N2O2S. The monoisotopic (exact) mass is 440 g/mol. The van der Waals surface area contributed by atoms with Crippen molar-refractivity contribution in [3.63, 3.8) is 0 Å². The SMILES string of the molecule is C[C@H](CCc1ccccc1)NC(=O)CCSCCC(=O)N[C@H](C)CCc1ccccc1. The van der Waals surface area contributed by atoms with Gasteiger partial charge in [-0.05, 0) is 50.7 Å². The van der Waals surface area contributed by atoms with E-state index in [0.29, 0.717) is 12.8 Å². The van der Waals surface area contributed by atoms with Crippen molar-refractivity contribution in [2.24, 2.45) is 0 Å². The van der Waals surface area contributed by atoms with Crippen LogP contribution in [0.2, 0.25) is 0 Å². The predicted octanol–water partition coefficient (Wildman–Crippen LogP) is 4.77. The highest BCUT2D eigenvalue weighted by Crippen LogP contribution is 2.08. The summed E-state index contributed by atoms with van der Waals surface area (Å²) in [6.07, 6.45) is 4.80. The second-order valence-electron chi connectivity index (χ2n) is 8.10. The molecule has 0 bridgehead atoms. The van der Waals surface area contributed by atoms with E-state index in [-0.39, 0.29) is 23.9 Å². The molecule has 2 rings (SSSR count). The minimum atomic E-state index is 0.0899. The number of hydrogen-bond acceptors (Lipinski definition) is 3. The quantitative estimate of drug-likeness (QED) is 0.416. The normalized spacial score (nSPS) is 12.7. The van der Waals surface area contributed by atoms with Crippen molar-refractivity contribution in [3.05, 3.63) is 71.8 Å². The number of carbonyl (C=O) groups is 2. The van der Waals surface area contributed by atoms with Crippen LogP contribution in [0.1, 0.15) is 50.7 Å². The van der Waals surface area contributed by atoms with Gasteiger partial charge in [-0.3, -0.25) is 9.59 Å². The summed E-state index contributed by atoms with van der Waals surface area (Å²) >= 11 is 1.66. The first kappa shape index (κ1) is 25.0. The van der Waals surface area contributed by atoms with Gasteiger partial charge >= 0.3 is 0 Å². The molecule has 4 nitrogen and oxygen atoms in total. The summed E-state index contributed by atoms with van der Waals surface area (Å²) in [6.45, 7) is 4.11. The van der Waals surface area contributed by atoms with Gasteiger partial charge < -0.3 is 10.6 Å². The van der Waals surface area contributed by atoms with Gasteiger partial charge in [0.2, 0.25) is 11.8 Å². The standard InChI is InChI=1S/C26H36N2O2S/c1-21(13-15-23-9-5-3-6-10-23)27-25(29)17-19-31-20-18-26(30)28-22(2)14-16-24-11-7-4-8-12-24/h3-12,21-22H,13-20H2,1-2H3,(H,27,29)(H,28,30)/t21-,22-/m1/s1. The van der Waals surface area contributed by atoms with Crippen molar-refractivity contribution in [1.82, 2.24) is 10.6 Å². The summed E-state index contributed by atoms with van der Waals surface area (Å²) in [7, 11) is 0. The number of hydrogen-bond donors (Lipinski definition) is 2. The Hall–Kier alpha value is -2.27. The van der Waals surface area contributed by atoms with E-state index in [1.54, 1.807) is 11.8 Å². The van der Waals surface area contributed by atoms with Crippen molar-refractivity contribution < 1.29 is 9.59 Å². The largest absolute Gasteiger partial charge is 0.354 e. The molecule has 2 N–H and O–H groups in total. The van der Waals surface area contributed by atoms with Crippen LogP contribution in [0, 0.1) is 0 Å². The number of benzene rings is 2. The van der Waals surface area contributed by atoms with Crippen LogP contribution in [-0.2, 0) is 22.4 Å². The van der Waals surface area contributed by atoms with E-state index in [2.05, 4.69) is 48.7 Å². The molecule has 0 saturated carbocycles. The van der Waals surface area contributed by atoms with Gasteiger partial charge in [-0.15, -0.1) is 0 Å². The van der Waals surface area contributed by atoms with Crippen molar-refractivity contribution in [2.45, 2.75) is 64.5 Å². The average molecular weight is 441 g/mol. The van der Waals surface area contributed by atoms with Crippen molar-refractivity contribution in [1.29, 1.82) is 0 Å². The van der Waals surface area contributed by atoms with Crippen LogP contribution in [0.4, 0.5) is 0 Å². The van der Waals surface area contributed by atoms with Gasteiger partial charge in [-0.2, -0.15) is 11.8 Å². The zero-order valence-electron chi connectivity index (χ0n) is 18.8. The maximum atomic E-state index is 12.1. The fraction of sp³-hybridized carbons (Fsp3) is 0.462. The van der Waals surface area contributed by atoms with Crippen LogP contribution in [0.25, 0.3) is 0 Å². The van der Waals surface area contributed by atoms with E-state index in [1.165, 1.54) is 11.1 Å². The fourth-order valence-electron chi connectivity index (χ4n) is 3.33. The Morgan fingerprint density at radius 2 is 1.10 bits per heavy atom. The summed E-state index contributed by atoms with van der Waals surface area (Å²) < 4.78 is 0. The van der Waals surface area contributed by atoms with E-state index in [9.17, 15) is 9.59 Å². The van der Waals surface area contributed by atoms with E-state index in [1.807, 2.05) is 36.4 Å². The minimum absolute atomic E-state index is 0.0899. The summed E-state index contributed by atoms with van der Waals surface area (Å²) in [5.74, 6) is 1.67. The van der Waals surface area contributed by atoms with E-state index >= 15 is 0 Å². The van der Waals surface area contributed by atoms with Crippen molar-refractivity contribution in [3.8, 4) is 0 Å². The second kappa shape index (κ2) is 14.7. The molecule has 0 spiro atoms. The molecule has 0 heterocycles. The summed E-state index contributed by atoms with van der Waals surface area (Å²) in [5, 5.41) is 6.14. The molecule has 2 amide bonds. The minimum Gasteiger partial charge on any atom is -0.354 e. The van der Waals surface area contributed by atoms with Crippen LogP contribution in [0.15, 0.2) is 60.7 Å². The highest BCUT2D eigenvalue weighted by Gasteiger charge is 2.09. The third-order valence-corrected chi connectivity index (χ3v) is 6.16. The Balaban J connectivity index is 1.48. The van der Waals surface area contributed by atoms with E-state index in [4.69, 9.17) is 0 Å². The fourth-order valence-corrected chi connectivity index (χ4v) is 4.19. The first-order chi connectivity index (χ1) is 15.0. The van der Waals surface area contributed by atoms with Gasteiger partial charge in [-0.25, -0.2) is 0 Å². The molecule has 168 valence electrons. The molecule has 2 aromatic rings. The third kappa shape index (κ3) is 11.6. The van der Waals surface area contributed by atoms with Gasteiger partial charge in [0, 0.05) is 36.4 Å². The van der Waals surface area contributed by atoms with Gasteiger partial charge in [-0.1, -0.05) is 60.7 Å². The zero-order chi connectivity index (χ0) is 22.3. The highest BCUT2D eigenvalue weighted by atomic mass is 32.2. The highest BCUT2D eigenvalue weighted by molar-refractivity contribution is 7.99. The average Bonchev–Trinajstić information content (AvgIpc) is 2.77. The molecule has 5 heteroatoms. The van der Waals surface area contributed by atoms with Crippen LogP contribution in [0.3, 0.4) is 0 Å². The Labute approximate surface area is 191 Å². The first-order valence-electron chi connectivity index (χ1n) is 11.3. The van der Waals surface area contributed by atoms with Crippen LogP contribution < -0.4 is 10.6 Å². The maximum absolute atomic E-state index is 12.1. The molecule has 31 heavy (non-hydrogen) atoms. The number of carbonyl (C=O) groups excluding carboxylic acids is 2. The first-order valence-corrected chi connectivity index (χ1v) is 12.4. The Bertz CT molecular complexity index is 702. The molecule has 0 aliphatic rings. The molecule has 0 aromatic heterocycles. The number of aryl methyl sites for hydroxylation is 2. The lowest BCUT2D eigenvalue weighted by Gasteiger charge is -2.14. The van der Waals surface area contributed by atoms with Gasteiger partial charge in [0.05, 0.1) is 0 Å². The van der Waals surface area contributed by atoms with Crippen LogP contribution >= 0.6 is 11.8 Å². The topological polar surface area (TPSA) is 58.2 Å². The predicted molar refractivity (Wildman–Crippen MR) is 131 cm³/mol. The van der Waals surface area contributed by atoms with Gasteiger partial charge in [0.25, 0.3) is 0 Å². The number of nitrogens with one attached hydrogen (secondary N) is 2. The van der Waals surface area contributed by atoms with E-state index < -0.39 is 0 Å². The molecule has 0 aliphatic heterocycles.